The maximum Gasteiger partial charge on any atom is 0.243 e. The molecule has 2 aliphatic heterocycles. The SMILES string of the molecule is Cc1cc(Nc2cc(C)[nH]n2)nc(N2CCC3(CC2)NCCN(C(C)c2ccc(-n4cc(F)cn4)nc2)C3=O)n1. The van der Waals surface area contributed by atoms with Crippen molar-refractivity contribution in [1.82, 2.24) is 45.1 Å². The lowest BCUT2D eigenvalue weighted by molar-refractivity contribution is -0.145. The van der Waals surface area contributed by atoms with Crippen LogP contribution in [0.3, 0.4) is 0 Å². The molecule has 1 amide bonds. The molecule has 40 heavy (non-hydrogen) atoms. The van der Waals surface area contributed by atoms with E-state index >= 15 is 0 Å². The van der Waals surface area contributed by atoms with Gasteiger partial charge < -0.3 is 20.4 Å². The third kappa shape index (κ3) is 4.99. The summed E-state index contributed by atoms with van der Waals surface area (Å²) >= 11 is 0. The van der Waals surface area contributed by atoms with Crippen LogP contribution in [0.1, 0.15) is 42.8 Å². The van der Waals surface area contributed by atoms with Crippen LogP contribution in [-0.4, -0.2) is 77.5 Å². The smallest absolute Gasteiger partial charge is 0.243 e. The van der Waals surface area contributed by atoms with Gasteiger partial charge in [-0.05, 0) is 45.2 Å². The second-order valence-corrected chi connectivity index (χ2v) is 10.5. The van der Waals surface area contributed by atoms with Gasteiger partial charge in [-0.3, -0.25) is 9.89 Å². The Hall–Kier alpha value is -4.39. The lowest BCUT2D eigenvalue weighted by Gasteiger charge is -2.48. The number of carbonyl (C=O) groups is 1. The molecular formula is C27H32FN11O. The van der Waals surface area contributed by atoms with Crippen LogP contribution in [0.4, 0.5) is 22.0 Å². The van der Waals surface area contributed by atoms with Gasteiger partial charge in [-0.15, -0.1) is 0 Å². The highest BCUT2D eigenvalue weighted by molar-refractivity contribution is 5.88. The molecule has 208 valence electrons. The van der Waals surface area contributed by atoms with Gasteiger partial charge in [0, 0.05) is 55.9 Å². The van der Waals surface area contributed by atoms with Crippen LogP contribution in [-0.2, 0) is 4.79 Å². The largest absolute Gasteiger partial charge is 0.341 e. The summed E-state index contributed by atoms with van der Waals surface area (Å²) in [5.41, 5.74) is 2.10. The predicted octanol–water partition coefficient (Wildman–Crippen LogP) is 2.81. The zero-order valence-electron chi connectivity index (χ0n) is 22.7. The molecule has 2 saturated heterocycles. The van der Waals surface area contributed by atoms with Crippen LogP contribution in [0.25, 0.3) is 5.82 Å². The number of carbonyl (C=O) groups excluding carboxylic acids is 1. The maximum atomic E-state index is 13.9. The molecule has 0 bridgehead atoms. The minimum absolute atomic E-state index is 0.102. The molecule has 0 saturated carbocycles. The van der Waals surface area contributed by atoms with Crippen molar-refractivity contribution in [3.8, 4) is 5.82 Å². The molecule has 1 unspecified atom stereocenters. The zero-order chi connectivity index (χ0) is 27.9. The van der Waals surface area contributed by atoms with E-state index in [1.165, 1.54) is 10.9 Å². The second kappa shape index (κ2) is 10.3. The molecule has 1 atom stereocenters. The van der Waals surface area contributed by atoms with Crippen molar-refractivity contribution in [3.05, 3.63) is 65.6 Å². The number of rotatable bonds is 6. The Morgan fingerprint density at radius 3 is 2.58 bits per heavy atom. The molecule has 0 aromatic carbocycles. The van der Waals surface area contributed by atoms with E-state index in [0.717, 1.165) is 23.1 Å². The van der Waals surface area contributed by atoms with Crippen molar-refractivity contribution in [2.45, 2.75) is 45.2 Å². The van der Waals surface area contributed by atoms with Gasteiger partial charge in [-0.25, -0.2) is 19.0 Å². The molecule has 4 aromatic rings. The topological polar surface area (TPSA) is 133 Å². The first kappa shape index (κ1) is 25.9. The summed E-state index contributed by atoms with van der Waals surface area (Å²) in [7, 11) is 0. The van der Waals surface area contributed by atoms with E-state index in [9.17, 15) is 9.18 Å². The molecule has 1 spiro atoms. The Kier molecular flexibility index (Phi) is 6.66. The Bertz CT molecular complexity index is 1510. The third-order valence-electron chi connectivity index (χ3n) is 7.70. The quantitative estimate of drug-likeness (QED) is 0.335. The van der Waals surface area contributed by atoms with Crippen LogP contribution in [0.5, 0.6) is 0 Å². The predicted molar refractivity (Wildman–Crippen MR) is 147 cm³/mol. The Morgan fingerprint density at radius 1 is 1.07 bits per heavy atom. The number of piperidine rings is 1. The number of H-pyrrole nitrogens is 1. The first-order chi connectivity index (χ1) is 19.3. The summed E-state index contributed by atoms with van der Waals surface area (Å²) in [6.07, 6.45) is 5.45. The normalized spacial score (nSPS) is 17.9. The van der Waals surface area contributed by atoms with Gasteiger partial charge in [0.1, 0.15) is 11.4 Å². The Morgan fingerprint density at radius 2 is 1.90 bits per heavy atom. The van der Waals surface area contributed by atoms with Gasteiger partial charge in [0.2, 0.25) is 11.9 Å². The van der Waals surface area contributed by atoms with Gasteiger partial charge in [0.05, 0.1) is 18.4 Å². The Balaban J connectivity index is 1.13. The first-order valence-corrected chi connectivity index (χ1v) is 13.4. The van der Waals surface area contributed by atoms with Crippen molar-refractivity contribution in [3.63, 3.8) is 0 Å². The molecule has 2 aliphatic rings. The van der Waals surface area contributed by atoms with Gasteiger partial charge in [0.25, 0.3) is 0 Å². The van der Waals surface area contributed by atoms with Crippen LogP contribution in [0.2, 0.25) is 0 Å². The molecule has 12 nitrogen and oxygen atoms in total. The first-order valence-electron chi connectivity index (χ1n) is 13.4. The number of hydrogen-bond donors (Lipinski definition) is 3. The Labute approximate surface area is 231 Å². The average molecular weight is 546 g/mol. The fourth-order valence-corrected chi connectivity index (χ4v) is 5.47. The molecule has 4 aromatic heterocycles. The van der Waals surface area contributed by atoms with Crippen LogP contribution in [0.15, 0.2) is 42.9 Å². The maximum absolute atomic E-state index is 13.9. The van der Waals surface area contributed by atoms with E-state index in [1.54, 1.807) is 12.3 Å². The summed E-state index contributed by atoms with van der Waals surface area (Å²) in [4.78, 5) is 31.8. The molecule has 6 rings (SSSR count). The summed E-state index contributed by atoms with van der Waals surface area (Å²) in [5, 5.41) is 17.9. The number of piperazine rings is 1. The highest BCUT2D eigenvalue weighted by Crippen LogP contribution is 2.33. The molecule has 0 aliphatic carbocycles. The number of aromatic nitrogens is 7. The fourth-order valence-electron chi connectivity index (χ4n) is 5.47. The van der Waals surface area contributed by atoms with Crippen LogP contribution < -0.4 is 15.5 Å². The molecular weight excluding hydrogens is 513 g/mol. The molecule has 0 radical (unpaired) electrons. The van der Waals surface area contributed by atoms with Gasteiger partial charge in [0.15, 0.2) is 17.5 Å². The van der Waals surface area contributed by atoms with Crippen LogP contribution >= 0.6 is 0 Å². The number of amides is 1. The van der Waals surface area contributed by atoms with Gasteiger partial charge >= 0.3 is 0 Å². The fraction of sp³-hybridized carbons (Fsp3) is 0.407. The standard InChI is InChI=1S/C27H32FN11O/c1-17-12-22(33-23-13-18(2)35-36-23)34-26(32-17)37-9-6-27(7-10-37)25(40)38(11-8-30-27)19(3)20-4-5-24(29-14-20)39-16-21(28)15-31-39/h4-5,12-16,19,30H,6-11H2,1-3H3,(H2,32,33,34,35,36). The highest BCUT2D eigenvalue weighted by Gasteiger charge is 2.47. The number of nitrogens with one attached hydrogen (secondary N) is 3. The van der Waals surface area contributed by atoms with E-state index in [1.807, 2.05) is 43.9 Å². The minimum atomic E-state index is -0.625. The number of hydrogen-bond acceptors (Lipinski definition) is 9. The number of nitrogens with zero attached hydrogens (tertiary/aromatic N) is 8. The molecule has 6 heterocycles. The summed E-state index contributed by atoms with van der Waals surface area (Å²) < 4.78 is 14.7. The second-order valence-electron chi connectivity index (χ2n) is 10.5. The molecule has 13 heteroatoms. The number of aryl methyl sites for hydroxylation is 2. The van der Waals surface area contributed by atoms with Crippen LogP contribution in [0, 0.1) is 19.7 Å². The lowest BCUT2D eigenvalue weighted by Crippen LogP contribution is -2.67. The number of aromatic amines is 1. The van der Waals surface area contributed by atoms with Crippen molar-refractivity contribution < 1.29 is 9.18 Å². The molecule has 2 fully saturated rings. The summed E-state index contributed by atoms with van der Waals surface area (Å²) in [6.45, 7) is 8.54. The van der Waals surface area contributed by atoms with E-state index in [0.29, 0.717) is 62.4 Å². The average Bonchev–Trinajstić information content (AvgIpc) is 3.57. The van der Waals surface area contributed by atoms with Crippen molar-refractivity contribution in [2.75, 3.05) is 36.4 Å². The number of halogens is 1. The van der Waals surface area contributed by atoms with E-state index < -0.39 is 11.4 Å². The molecule has 3 N–H and O–H groups in total. The van der Waals surface area contributed by atoms with Gasteiger partial charge in [-0.1, -0.05) is 6.07 Å². The summed E-state index contributed by atoms with van der Waals surface area (Å²) in [6, 6.07) is 7.36. The minimum Gasteiger partial charge on any atom is -0.341 e. The number of anilines is 3. The van der Waals surface area contributed by atoms with Crippen molar-refractivity contribution in [2.24, 2.45) is 0 Å². The lowest BCUT2D eigenvalue weighted by atomic mass is 9.83. The van der Waals surface area contributed by atoms with Gasteiger partial charge in [-0.2, -0.15) is 15.2 Å². The van der Waals surface area contributed by atoms with E-state index in [4.69, 9.17) is 4.98 Å². The van der Waals surface area contributed by atoms with Crippen molar-refractivity contribution >= 4 is 23.5 Å². The summed E-state index contributed by atoms with van der Waals surface area (Å²) in [5.74, 6) is 2.22. The monoisotopic (exact) mass is 545 g/mol. The third-order valence-corrected chi connectivity index (χ3v) is 7.70. The zero-order valence-corrected chi connectivity index (χ0v) is 22.7. The van der Waals surface area contributed by atoms with Crippen molar-refractivity contribution in [1.29, 1.82) is 0 Å². The van der Waals surface area contributed by atoms with E-state index in [2.05, 4.69) is 40.8 Å². The number of pyridine rings is 1. The van der Waals surface area contributed by atoms with E-state index in [-0.39, 0.29) is 11.9 Å². The highest BCUT2D eigenvalue weighted by atomic mass is 19.1.